The molecule has 4 rings (SSSR count). The lowest BCUT2D eigenvalue weighted by molar-refractivity contribution is -0.141. The van der Waals surface area contributed by atoms with Gasteiger partial charge in [-0.1, -0.05) is 36.4 Å². The number of hydrogen-bond acceptors (Lipinski definition) is 5. The fraction of sp³-hybridized carbons (Fsp3) is 0.346. The van der Waals surface area contributed by atoms with Crippen LogP contribution in [-0.2, 0) is 25.7 Å². The maximum atomic E-state index is 13.9. The van der Waals surface area contributed by atoms with Crippen LogP contribution in [-0.4, -0.2) is 45.0 Å². The largest absolute Gasteiger partial charge is 0.478 e. The number of rotatable bonds is 9. The van der Waals surface area contributed by atoms with Crippen molar-refractivity contribution >= 4 is 17.7 Å². The number of nitrogens with zero attached hydrogens (tertiary/aromatic N) is 3. The number of fused-ring (bicyclic) bond motifs is 1. The third-order valence-electron chi connectivity index (χ3n) is 6.30. The van der Waals surface area contributed by atoms with E-state index in [9.17, 15) is 22.8 Å². The van der Waals surface area contributed by atoms with E-state index in [0.717, 1.165) is 11.1 Å². The first-order valence-electron chi connectivity index (χ1n) is 11.8. The molecule has 0 bridgehead atoms. The molecule has 0 radical (unpaired) electrons. The molecule has 0 saturated heterocycles. The number of aryl methyl sites for hydroxylation is 1. The second kappa shape index (κ2) is 10.6. The van der Waals surface area contributed by atoms with Crippen molar-refractivity contribution in [3.05, 3.63) is 82.0 Å². The molecule has 0 fully saturated rings. The summed E-state index contributed by atoms with van der Waals surface area (Å²) in [6.07, 6.45) is -3.54. The summed E-state index contributed by atoms with van der Waals surface area (Å²) in [4.78, 5) is 26.1. The molecule has 1 unspecified atom stereocenters. The van der Waals surface area contributed by atoms with Gasteiger partial charge in [0.25, 0.3) is 5.91 Å². The molecule has 3 N–H and O–H groups in total. The van der Waals surface area contributed by atoms with Crippen molar-refractivity contribution in [2.45, 2.75) is 45.1 Å². The average molecular weight is 517 g/mol. The van der Waals surface area contributed by atoms with Crippen molar-refractivity contribution < 1.29 is 33.0 Å². The van der Waals surface area contributed by atoms with E-state index in [1.165, 1.54) is 28.9 Å². The van der Waals surface area contributed by atoms with Gasteiger partial charge in [-0.2, -0.15) is 18.3 Å². The number of hydrogen-bond donors (Lipinski definition) is 3. The number of carboxylic acids is 1. The topological polar surface area (TPSA) is 108 Å². The smallest absolute Gasteiger partial charge is 0.436 e. The maximum absolute atomic E-state index is 13.9. The highest BCUT2D eigenvalue weighted by atomic mass is 19.4. The third kappa shape index (κ3) is 5.77. The van der Waals surface area contributed by atoms with E-state index >= 15 is 0 Å². The molecule has 0 aliphatic carbocycles. The lowest BCUT2D eigenvalue weighted by Crippen LogP contribution is -2.31. The monoisotopic (exact) mass is 516 g/mol. The second-order valence-corrected chi connectivity index (χ2v) is 8.96. The average Bonchev–Trinajstić information content (AvgIpc) is 3.43. The molecule has 37 heavy (non-hydrogen) atoms. The molecular weight excluding hydrogens is 489 g/mol. The molecule has 1 aliphatic rings. The first kappa shape index (κ1) is 26.2. The Hall–Kier alpha value is -3.86. The summed E-state index contributed by atoms with van der Waals surface area (Å²) in [6, 6.07) is 12.7. The van der Waals surface area contributed by atoms with Gasteiger partial charge in [-0.05, 0) is 48.6 Å². The van der Waals surface area contributed by atoms with Crippen LogP contribution in [0.4, 0.5) is 19.0 Å². The summed E-state index contributed by atoms with van der Waals surface area (Å²) in [6.45, 7) is 2.58. The van der Waals surface area contributed by atoms with Gasteiger partial charge in [-0.25, -0.2) is 9.48 Å². The Morgan fingerprint density at radius 2 is 1.81 bits per heavy atom. The number of benzene rings is 2. The minimum atomic E-state index is -4.83. The Morgan fingerprint density at radius 3 is 2.46 bits per heavy atom. The van der Waals surface area contributed by atoms with Gasteiger partial charge in [0.2, 0.25) is 0 Å². The van der Waals surface area contributed by atoms with E-state index in [0.29, 0.717) is 31.5 Å². The Bertz CT molecular complexity index is 1290. The number of carboxylic acid groups (broad SMARTS) is 1. The number of halogens is 3. The molecular formula is C26H27F3N4O4. The van der Waals surface area contributed by atoms with Crippen molar-refractivity contribution in [1.82, 2.24) is 15.1 Å². The highest BCUT2D eigenvalue weighted by Gasteiger charge is 2.44. The molecule has 196 valence electrons. The van der Waals surface area contributed by atoms with Crippen LogP contribution in [0.1, 0.15) is 62.5 Å². The van der Waals surface area contributed by atoms with E-state index in [1.807, 2.05) is 24.3 Å². The zero-order valence-corrected chi connectivity index (χ0v) is 20.1. The number of anilines is 1. The number of aliphatic hydroxyl groups excluding tert-OH is 1. The molecule has 2 heterocycles. The second-order valence-electron chi connectivity index (χ2n) is 8.96. The first-order chi connectivity index (χ1) is 17.6. The van der Waals surface area contributed by atoms with E-state index in [-0.39, 0.29) is 24.5 Å². The predicted octanol–water partition coefficient (Wildman–Crippen LogP) is 4.04. The van der Waals surface area contributed by atoms with Crippen LogP contribution in [0.2, 0.25) is 0 Å². The van der Waals surface area contributed by atoms with Crippen LogP contribution in [0.15, 0.2) is 48.5 Å². The Morgan fingerprint density at radius 1 is 1.11 bits per heavy atom. The number of alkyl halides is 3. The Labute approximate surface area is 211 Å². The molecule has 11 heteroatoms. The van der Waals surface area contributed by atoms with Crippen LogP contribution < -0.4 is 10.2 Å². The minimum absolute atomic E-state index is 0.0622. The zero-order chi connectivity index (χ0) is 26.7. The number of aromatic carboxylic acids is 1. The number of carbonyl (C=O) groups excluding carboxylic acids is 1. The molecule has 0 saturated carbocycles. The van der Waals surface area contributed by atoms with Crippen molar-refractivity contribution in [2.24, 2.45) is 0 Å². The van der Waals surface area contributed by atoms with E-state index in [4.69, 9.17) is 10.2 Å². The molecule has 1 amide bonds. The first-order valence-corrected chi connectivity index (χ1v) is 11.8. The van der Waals surface area contributed by atoms with Crippen molar-refractivity contribution in [1.29, 1.82) is 0 Å². The van der Waals surface area contributed by atoms with E-state index in [2.05, 4.69) is 10.4 Å². The fourth-order valence-electron chi connectivity index (χ4n) is 4.47. The third-order valence-corrected chi connectivity index (χ3v) is 6.30. The van der Waals surface area contributed by atoms with Gasteiger partial charge >= 0.3 is 12.1 Å². The number of amides is 1. The molecule has 1 aliphatic heterocycles. The quantitative estimate of drug-likeness (QED) is 0.396. The van der Waals surface area contributed by atoms with Gasteiger partial charge in [0, 0.05) is 19.7 Å². The summed E-state index contributed by atoms with van der Waals surface area (Å²) in [7, 11) is 0. The predicted molar refractivity (Wildman–Crippen MR) is 129 cm³/mol. The van der Waals surface area contributed by atoms with Crippen molar-refractivity contribution in [2.75, 3.05) is 18.1 Å². The van der Waals surface area contributed by atoms with Gasteiger partial charge in [0.15, 0.2) is 5.69 Å². The van der Waals surface area contributed by atoms with Gasteiger partial charge in [0.05, 0.1) is 18.2 Å². The van der Waals surface area contributed by atoms with Crippen LogP contribution in [0.25, 0.3) is 0 Å². The normalized spacial score (nSPS) is 13.9. The minimum Gasteiger partial charge on any atom is -0.478 e. The summed E-state index contributed by atoms with van der Waals surface area (Å²) in [5.41, 5.74) is 0.720. The number of carbonyl (C=O) groups is 2. The highest BCUT2D eigenvalue weighted by molar-refractivity contribution is 6.01. The van der Waals surface area contributed by atoms with E-state index < -0.39 is 35.4 Å². The van der Waals surface area contributed by atoms with Crippen molar-refractivity contribution in [3.8, 4) is 0 Å². The van der Waals surface area contributed by atoms with Crippen LogP contribution in [0.5, 0.6) is 0 Å². The maximum Gasteiger partial charge on any atom is 0.436 e. The number of aliphatic hydroxyl groups is 1. The summed E-state index contributed by atoms with van der Waals surface area (Å²) >= 11 is 0. The molecule has 2 aromatic carbocycles. The molecule has 1 atom stereocenters. The number of nitrogens with one attached hydrogen (secondary N) is 1. The summed E-state index contributed by atoms with van der Waals surface area (Å²) < 4.78 is 43.0. The molecule has 1 aromatic heterocycles. The van der Waals surface area contributed by atoms with Gasteiger partial charge in [0.1, 0.15) is 11.4 Å². The van der Waals surface area contributed by atoms with Crippen LogP contribution in [0.3, 0.4) is 0 Å². The van der Waals surface area contributed by atoms with Gasteiger partial charge in [-0.15, -0.1) is 0 Å². The molecule has 8 nitrogen and oxygen atoms in total. The lowest BCUT2D eigenvalue weighted by atomic mass is 10.0. The molecule has 3 aromatic rings. The lowest BCUT2D eigenvalue weighted by Gasteiger charge is -2.21. The van der Waals surface area contributed by atoms with E-state index in [1.54, 1.807) is 11.8 Å². The fourth-order valence-corrected chi connectivity index (χ4v) is 4.47. The van der Waals surface area contributed by atoms with Gasteiger partial charge < -0.3 is 20.4 Å². The zero-order valence-electron chi connectivity index (χ0n) is 20.1. The summed E-state index contributed by atoms with van der Waals surface area (Å²) in [5, 5.41) is 24.5. The van der Waals surface area contributed by atoms with Gasteiger partial charge in [-0.3, -0.25) is 4.79 Å². The SMILES string of the molecule is CC(NC(=O)c1c(C(F)(F)F)nn2c1N(Cc1cccc(CCCO)c1)CC2)c1ccc(C(=O)O)cc1. The number of aromatic nitrogens is 2. The Kier molecular flexibility index (Phi) is 7.53. The summed E-state index contributed by atoms with van der Waals surface area (Å²) in [5.74, 6) is -1.90. The van der Waals surface area contributed by atoms with Crippen LogP contribution >= 0.6 is 0 Å². The standard InChI is InChI=1S/C26H27F3N4O4/c1-16(19-7-9-20(10-8-19)25(36)37)30-23(35)21-22(26(27,28)29)31-33-12-11-32(24(21)33)15-18-5-2-4-17(14-18)6-3-13-34/h2,4-5,7-10,14,16,34H,3,6,11-13,15H2,1H3,(H,30,35)(H,36,37). The van der Waals surface area contributed by atoms with Crippen LogP contribution in [0, 0.1) is 0 Å². The molecule has 0 spiro atoms. The highest BCUT2D eigenvalue weighted by Crippen LogP contribution is 2.38. The Balaban J connectivity index is 1.61. The van der Waals surface area contributed by atoms with Crippen molar-refractivity contribution in [3.63, 3.8) is 0 Å².